The molecule has 2 aromatic rings. The van der Waals surface area contributed by atoms with Crippen molar-refractivity contribution in [1.82, 2.24) is 0 Å². The third-order valence-electron chi connectivity index (χ3n) is 3.35. The molecule has 132 valence electrons. The lowest BCUT2D eigenvalue weighted by Gasteiger charge is -2.16. The minimum Gasteiger partial charge on any atom is -0.454 e. The highest BCUT2D eigenvalue weighted by Gasteiger charge is 2.13. The van der Waals surface area contributed by atoms with Gasteiger partial charge in [-0.1, -0.05) is 0 Å². The summed E-state index contributed by atoms with van der Waals surface area (Å²) in [6, 6.07) is 7.89. The van der Waals surface area contributed by atoms with Crippen LogP contribution in [0.4, 0.5) is 5.69 Å². The third-order valence-corrected chi connectivity index (χ3v) is 5.26. The van der Waals surface area contributed by atoms with Crippen LogP contribution >= 0.6 is 11.3 Å². The predicted octanol–water partition coefficient (Wildman–Crippen LogP) is 2.58. The minimum absolute atomic E-state index is 0.334. The molecule has 0 N–H and O–H groups in total. The SMILES string of the molecule is CN(c1ccc(C(=O)COC(=O)/C=C/c2ccsc2)cc1)S(C)(=O)=O. The molecule has 0 aliphatic rings. The molecule has 0 aliphatic carbocycles. The van der Waals surface area contributed by atoms with Crippen LogP contribution in [0, 0.1) is 0 Å². The van der Waals surface area contributed by atoms with E-state index in [4.69, 9.17) is 4.74 Å². The summed E-state index contributed by atoms with van der Waals surface area (Å²) in [5, 5.41) is 3.77. The van der Waals surface area contributed by atoms with Crippen LogP contribution in [0.25, 0.3) is 6.08 Å². The molecular formula is C17H17NO5S2. The number of rotatable bonds is 7. The van der Waals surface area contributed by atoms with Gasteiger partial charge >= 0.3 is 5.97 Å². The Kier molecular flexibility index (Phi) is 6.11. The van der Waals surface area contributed by atoms with Crippen LogP contribution in [0.3, 0.4) is 0 Å². The topological polar surface area (TPSA) is 80.8 Å². The number of Topliss-reactive ketones (excluding diaryl/α,β-unsaturated/α-hetero) is 1. The lowest BCUT2D eigenvalue weighted by molar-refractivity contribution is -0.136. The van der Waals surface area contributed by atoms with Crippen molar-refractivity contribution in [1.29, 1.82) is 0 Å². The van der Waals surface area contributed by atoms with Gasteiger partial charge in [0.1, 0.15) is 0 Å². The highest BCUT2D eigenvalue weighted by atomic mass is 32.2. The molecule has 0 fully saturated rings. The van der Waals surface area contributed by atoms with E-state index in [0.29, 0.717) is 11.3 Å². The van der Waals surface area contributed by atoms with Crippen molar-refractivity contribution in [2.24, 2.45) is 0 Å². The lowest BCUT2D eigenvalue weighted by Crippen LogP contribution is -2.24. The van der Waals surface area contributed by atoms with Gasteiger partial charge in [0.25, 0.3) is 0 Å². The van der Waals surface area contributed by atoms with Crippen molar-refractivity contribution in [3.05, 3.63) is 58.3 Å². The van der Waals surface area contributed by atoms with E-state index in [-0.39, 0.29) is 12.4 Å². The summed E-state index contributed by atoms with van der Waals surface area (Å²) in [6.07, 6.45) is 3.97. The fourth-order valence-corrected chi connectivity index (χ4v) is 2.98. The standard InChI is InChI=1S/C17H17NO5S2/c1-18(25(2,21)22)15-6-4-14(5-7-15)16(19)11-23-17(20)8-3-13-9-10-24-12-13/h3-10,12H,11H2,1-2H3/b8-3+. The number of hydrogen-bond acceptors (Lipinski definition) is 6. The van der Waals surface area contributed by atoms with Crippen molar-refractivity contribution < 1.29 is 22.7 Å². The van der Waals surface area contributed by atoms with E-state index < -0.39 is 16.0 Å². The molecule has 25 heavy (non-hydrogen) atoms. The van der Waals surface area contributed by atoms with Crippen LogP contribution in [-0.2, 0) is 19.6 Å². The van der Waals surface area contributed by atoms with Crippen LogP contribution in [-0.4, -0.2) is 40.1 Å². The second-order valence-corrected chi connectivity index (χ2v) is 7.99. The fraction of sp³-hybridized carbons (Fsp3) is 0.176. The molecule has 0 aliphatic heterocycles. The summed E-state index contributed by atoms with van der Waals surface area (Å²) in [4.78, 5) is 23.6. The summed E-state index contributed by atoms with van der Waals surface area (Å²) in [7, 11) is -1.94. The molecule has 0 spiro atoms. The number of ketones is 1. The van der Waals surface area contributed by atoms with E-state index in [0.717, 1.165) is 16.1 Å². The van der Waals surface area contributed by atoms with Crippen LogP contribution < -0.4 is 4.31 Å². The minimum atomic E-state index is -3.36. The van der Waals surface area contributed by atoms with Gasteiger partial charge in [-0.15, -0.1) is 0 Å². The van der Waals surface area contributed by atoms with Crippen molar-refractivity contribution in [2.75, 3.05) is 24.2 Å². The van der Waals surface area contributed by atoms with E-state index in [2.05, 4.69) is 0 Å². The average molecular weight is 379 g/mol. The zero-order valence-electron chi connectivity index (χ0n) is 13.7. The largest absolute Gasteiger partial charge is 0.454 e. The van der Waals surface area contributed by atoms with Gasteiger partial charge < -0.3 is 4.74 Å². The molecule has 0 saturated carbocycles. The zero-order chi connectivity index (χ0) is 18.4. The maximum atomic E-state index is 12.0. The second-order valence-electron chi connectivity index (χ2n) is 5.20. The average Bonchev–Trinajstić information content (AvgIpc) is 3.10. The number of esters is 1. The molecule has 1 heterocycles. The lowest BCUT2D eigenvalue weighted by atomic mass is 10.1. The van der Waals surface area contributed by atoms with Gasteiger partial charge in [0, 0.05) is 18.7 Å². The third kappa shape index (κ3) is 5.54. The van der Waals surface area contributed by atoms with Crippen molar-refractivity contribution in [3.63, 3.8) is 0 Å². The maximum Gasteiger partial charge on any atom is 0.331 e. The first kappa shape index (κ1) is 18.9. The molecule has 0 bridgehead atoms. The van der Waals surface area contributed by atoms with Crippen LogP contribution in [0.15, 0.2) is 47.2 Å². The van der Waals surface area contributed by atoms with E-state index in [9.17, 15) is 18.0 Å². The first-order valence-electron chi connectivity index (χ1n) is 7.21. The summed E-state index contributed by atoms with van der Waals surface area (Å²) in [6.45, 7) is -0.381. The van der Waals surface area contributed by atoms with Gasteiger partial charge in [-0.25, -0.2) is 13.2 Å². The number of benzene rings is 1. The van der Waals surface area contributed by atoms with Crippen molar-refractivity contribution in [3.8, 4) is 0 Å². The molecule has 0 saturated heterocycles. The van der Waals surface area contributed by atoms with Gasteiger partial charge in [-0.3, -0.25) is 9.10 Å². The number of ether oxygens (including phenoxy) is 1. The van der Waals surface area contributed by atoms with Crippen LogP contribution in [0.1, 0.15) is 15.9 Å². The molecule has 0 atom stereocenters. The molecule has 0 amide bonds. The van der Waals surface area contributed by atoms with E-state index in [1.165, 1.54) is 48.7 Å². The predicted molar refractivity (Wildman–Crippen MR) is 98.3 cm³/mol. The maximum absolute atomic E-state index is 12.0. The van der Waals surface area contributed by atoms with Gasteiger partial charge in [0.05, 0.1) is 11.9 Å². The summed E-state index contributed by atoms with van der Waals surface area (Å²) < 4.78 is 29.0. The van der Waals surface area contributed by atoms with Crippen LogP contribution in [0.5, 0.6) is 0 Å². The van der Waals surface area contributed by atoms with Gasteiger partial charge in [0.2, 0.25) is 10.0 Å². The first-order valence-corrected chi connectivity index (χ1v) is 10.0. The van der Waals surface area contributed by atoms with Crippen molar-refractivity contribution >= 4 is 44.9 Å². The molecule has 0 unspecified atom stereocenters. The number of carbonyl (C=O) groups is 2. The Hall–Kier alpha value is -2.45. The second kappa shape index (κ2) is 8.09. The number of carbonyl (C=O) groups excluding carboxylic acids is 2. The van der Waals surface area contributed by atoms with Gasteiger partial charge in [0.15, 0.2) is 12.4 Å². The highest BCUT2D eigenvalue weighted by Crippen LogP contribution is 2.16. The molecular weight excluding hydrogens is 362 g/mol. The molecule has 6 nitrogen and oxygen atoms in total. The van der Waals surface area contributed by atoms with Gasteiger partial charge in [-0.05, 0) is 52.7 Å². The number of thiophene rings is 1. The number of nitrogens with zero attached hydrogens (tertiary/aromatic N) is 1. The summed E-state index contributed by atoms with van der Waals surface area (Å²) in [5.74, 6) is -0.973. The molecule has 1 aromatic carbocycles. The van der Waals surface area contributed by atoms with E-state index in [1.54, 1.807) is 6.08 Å². The first-order chi connectivity index (χ1) is 11.8. The quantitative estimate of drug-likeness (QED) is 0.420. The Morgan fingerprint density at radius 3 is 2.44 bits per heavy atom. The zero-order valence-corrected chi connectivity index (χ0v) is 15.3. The Bertz CT molecular complexity index is 868. The number of sulfonamides is 1. The molecule has 2 rings (SSSR count). The Morgan fingerprint density at radius 1 is 1.20 bits per heavy atom. The monoisotopic (exact) mass is 379 g/mol. The van der Waals surface area contributed by atoms with Crippen LogP contribution in [0.2, 0.25) is 0 Å². The smallest absolute Gasteiger partial charge is 0.331 e. The Morgan fingerprint density at radius 2 is 1.88 bits per heavy atom. The number of hydrogen-bond donors (Lipinski definition) is 0. The normalized spacial score (nSPS) is 11.4. The van der Waals surface area contributed by atoms with Gasteiger partial charge in [-0.2, -0.15) is 11.3 Å². The number of anilines is 1. The Labute approximate surface area is 150 Å². The van der Waals surface area contributed by atoms with E-state index >= 15 is 0 Å². The molecule has 8 heteroatoms. The van der Waals surface area contributed by atoms with E-state index in [1.807, 2.05) is 16.8 Å². The summed E-state index contributed by atoms with van der Waals surface area (Å²) in [5.41, 5.74) is 1.66. The molecule has 1 aromatic heterocycles. The highest BCUT2D eigenvalue weighted by molar-refractivity contribution is 7.92. The summed E-state index contributed by atoms with van der Waals surface area (Å²) >= 11 is 1.51. The fourth-order valence-electron chi connectivity index (χ4n) is 1.85. The Balaban J connectivity index is 1.91. The molecule has 0 radical (unpaired) electrons. The van der Waals surface area contributed by atoms with Crippen molar-refractivity contribution in [2.45, 2.75) is 0 Å².